The van der Waals surface area contributed by atoms with E-state index in [-0.39, 0.29) is 11.9 Å². The number of rotatable bonds is 4. The summed E-state index contributed by atoms with van der Waals surface area (Å²) in [5.41, 5.74) is 1.19. The zero-order valence-corrected chi connectivity index (χ0v) is 11.9. The van der Waals surface area contributed by atoms with E-state index in [1.165, 1.54) is 5.56 Å². The van der Waals surface area contributed by atoms with E-state index in [1.807, 2.05) is 32.3 Å². The maximum Gasteiger partial charge on any atom is 0.239 e. The molecule has 0 radical (unpaired) electrons. The number of carbonyl (C=O) groups excluding carboxylic acids is 1. The highest BCUT2D eigenvalue weighted by atomic mass is 16.5. The molecule has 1 fully saturated rings. The van der Waals surface area contributed by atoms with Crippen LogP contribution in [0.4, 0.5) is 0 Å². The van der Waals surface area contributed by atoms with E-state index in [1.54, 1.807) is 12.0 Å². The topological polar surface area (TPSA) is 32.8 Å². The number of ether oxygens (including phenoxy) is 1. The molecule has 2 rings (SSSR count). The molecule has 104 valence electrons. The van der Waals surface area contributed by atoms with Gasteiger partial charge in [0.1, 0.15) is 5.75 Å². The second kappa shape index (κ2) is 6.06. The molecule has 1 aromatic carbocycles. The van der Waals surface area contributed by atoms with Gasteiger partial charge >= 0.3 is 0 Å². The van der Waals surface area contributed by atoms with Gasteiger partial charge in [-0.25, -0.2) is 0 Å². The number of nitrogens with zero attached hydrogens (tertiary/aromatic N) is 2. The third kappa shape index (κ3) is 3.26. The largest absolute Gasteiger partial charge is 0.497 e. The zero-order chi connectivity index (χ0) is 13.8. The van der Waals surface area contributed by atoms with E-state index in [0.29, 0.717) is 0 Å². The Kier molecular flexibility index (Phi) is 4.43. The van der Waals surface area contributed by atoms with Crippen LogP contribution in [-0.2, 0) is 11.3 Å². The van der Waals surface area contributed by atoms with Crippen molar-refractivity contribution in [2.24, 2.45) is 0 Å². The summed E-state index contributed by atoms with van der Waals surface area (Å²) in [4.78, 5) is 16.1. The second-order valence-electron chi connectivity index (χ2n) is 5.21. The average Bonchev–Trinajstić information content (AvgIpc) is 2.86. The highest BCUT2D eigenvalue weighted by Gasteiger charge is 2.31. The number of hydrogen-bond donors (Lipinski definition) is 0. The predicted molar refractivity (Wildman–Crippen MR) is 75.1 cm³/mol. The lowest BCUT2D eigenvalue weighted by Crippen LogP contribution is -2.42. The van der Waals surface area contributed by atoms with Crippen molar-refractivity contribution in [2.75, 3.05) is 27.7 Å². The zero-order valence-electron chi connectivity index (χ0n) is 11.9. The summed E-state index contributed by atoms with van der Waals surface area (Å²) in [5.74, 6) is 1.08. The summed E-state index contributed by atoms with van der Waals surface area (Å²) in [6, 6.07) is 8.08. The van der Waals surface area contributed by atoms with E-state index >= 15 is 0 Å². The molecule has 0 bridgehead atoms. The molecule has 1 saturated heterocycles. The molecule has 1 atom stereocenters. The van der Waals surface area contributed by atoms with Crippen molar-refractivity contribution in [1.82, 2.24) is 9.80 Å². The fourth-order valence-corrected chi connectivity index (χ4v) is 2.60. The van der Waals surface area contributed by atoms with Crippen molar-refractivity contribution in [2.45, 2.75) is 25.4 Å². The summed E-state index contributed by atoms with van der Waals surface area (Å²) in [7, 11) is 5.32. The first-order chi connectivity index (χ1) is 9.11. The molecular formula is C15H22N2O2. The monoisotopic (exact) mass is 262 g/mol. The van der Waals surface area contributed by atoms with Crippen LogP contribution >= 0.6 is 0 Å². The molecule has 4 nitrogen and oxygen atoms in total. The Bertz CT molecular complexity index is 446. The van der Waals surface area contributed by atoms with Crippen LogP contribution in [-0.4, -0.2) is 49.5 Å². The van der Waals surface area contributed by atoms with Crippen LogP contribution in [0.3, 0.4) is 0 Å². The molecule has 4 heteroatoms. The van der Waals surface area contributed by atoms with Gasteiger partial charge < -0.3 is 9.64 Å². The average molecular weight is 262 g/mol. The third-order valence-electron chi connectivity index (χ3n) is 3.61. The molecule has 1 heterocycles. The van der Waals surface area contributed by atoms with Gasteiger partial charge in [-0.2, -0.15) is 0 Å². The molecule has 1 amide bonds. The second-order valence-corrected chi connectivity index (χ2v) is 5.21. The van der Waals surface area contributed by atoms with Crippen molar-refractivity contribution in [3.8, 4) is 5.75 Å². The summed E-state index contributed by atoms with van der Waals surface area (Å²) in [6.07, 6.45) is 2.05. The van der Waals surface area contributed by atoms with Gasteiger partial charge in [0.05, 0.1) is 13.2 Å². The van der Waals surface area contributed by atoms with Gasteiger partial charge in [-0.15, -0.1) is 0 Å². The van der Waals surface area contributed by atoms with E-state index in [9.17, 15) is 4.79 Å². The molecule has 0 aliphatic carbocycles. The molecule has 0 N–H and O–H groups in total. The lowest BCUT2D eigenvalue weighted by atomic mass is 10.1. The van der Waals surface area contributed by atoms with Crippen LogP contribution in [0, 0.1) is 0 Å². The molecule has 1 aromatic rings. The Morgan fingerprint density at radius 1 is 1.47 bits per heavy atom. The number of amides is 1. The number of carbonyl (C=O) groups is 1. The Labute approximate surface area is 115 Å². The first-order valence-corrected chi connectivity index (χ1v) is 6.70. The van der Waals surface area contributed by atoms with Gasteiger partial charge in [0.15, 0.2) is 0 Å². The van der Waals surface area contributed by atoms with Gasteiger partial charge in [-0.05, 0) is 37.1 Å². The summed E-state index contributed by atoms with van der Waals surface area (Å²) in [6.45, 7) is 1.79. The molecule has 0 spiro atoms. The maximum atomic E-state index is 12.1. The minimum atomic E-state index is 0.0289. The number of benzene rings is 1. The van der Waals surface area contributed by atoms with Crippen LogP contribution in [0.1, 0.15) is 18.4 Å². The molecule has 1 aliphatic heterocycles. The normalized spacial score (nSPS) is 19.4. The van der Waals surface area contributed by atoms with Gasteiger partial charge in [0.2, 0.25) is 5.91 Å². The number of hydrogen-bond acceptors (Lipinski definition) is 3. The fourth-order valence-electron chi connectivity index (χ4n) is 2.60. The number of likely N-dealkylation sites (N-methyl/N-ethyl adjacent to an activating group) is 1. The van der Waals surface area contributed by atoms with Crippen LogP contribution in [0.15, 0.2) is 24.3 Å². The number of likely N-dealkylation sites (tertiary alicyclic amines) is 1. The van der Waals surface area contributed by atoms with Gasteiger partial charge in [-0.1, -0.05) is 12.1 Å². The Morgan fingerprint density at radius 3 is 2.95 bits per heavy atom. The molecule has 19 heavy (non-hydrogen) atoms. The van der Waals surface area contributed by atoms with Crippen molar-refractivity contribution >= 4 is 5.91 Å². The standard InChI is InChI=1S/C15H22N2O2/c1-16(2)15(18)14-8-5-9-17(14)11-12-6-4-7-13(10-12)19-3/h4,6-7,10,14H,5,8-9,11H2,1-3H3. The van der Waals surface area contributed by atoms with Crippen molar-refractivity contribution in [3.63, 3.8) is 0 Å². The van der Waals surface area contributed by atoms with Gasteiger partial charge in [-0.3, -0.25) is 9.69 Å². The van der Waals surface area contributed by atoms with Crippen LogP contribution < -0.4 is 4.74 Å². The summed E-state index contributed by atoms with van der Waals surface area (Å²) >= 11 is 0. The lowest BCUT2D eigenvalue weighted by Gasteiger charge is -2.26. The molecule has 1 unspecified atom stereocenters. The Morgan fingerprint density at radius 2 is 2.26 bits per heavy atom. The maximum absolute atomic E-state index is 12.1. The minimum Gasteiger partial charge on any atom is -0.497 e. The van der Waals surface area contributed by atoms with E-state index in [2.05, 4.69) is 11.0 Å². The minimum absolute atomic E-state index is 0.0289. The summed E-state index contributed by atoms with van der Waals surface area (Å²) < 4.78 is 5.24. The lowest BCUT2D eigenvalue weighted by molar-refractivity contribution is -0.133. The fraction of sp³-hybridized carbons (Fsp3) is 0.533. The Balaban J connectivity index is 2.06. The van der Waals surface area contributed by atoms with Crippen molar-refractivity contribution in [1.29, 1.82) is 0 Å². The smallest absolute Gasteiger partial charge is 0.239 e. The highest BCUT2D eigenvalue weighted by molar-refractivity contribution is 5.81. The third-order valence-corrected chi connectivity index (χ3v) is 3.61. The Hall–Kier alpha value is -1.55. The molecule has 0 saturated carbocycles. The van der Waals surface area contributed by atoms with Crippen molar-refractivity contribution in [3.05, 3.63) is 29.8 Å². The quantitative estimate of drug-likeness (QED) is 0.828. The molecule has 0 aromatic heterocycles. The van der Waals surface area contributed by atoms with Crippen LogP contribution in [0.5, 0.6) is 5.75 Å². The van der Waals surface area contributed by atoms with Crippen LogP contribution in [0.2, 0.25) is 0 Å². The van der Waals surface area contributed by atoms with Gasteiger partial charge in [0.25, 0.3) is 0 Å². The molecule has 1 aliphatic rings. The first kappa shape index (κ1) is 13.9. The SMILES string of the molecule is COc1cccc(CN2CCCC2C(=O)N(C)C)c1. The van der Waals surface area contributed by atoms with Crippen LogP contribution in [0.25, 0.3) is 0 Å². The summed E-state index contributed by atoms with van der Waals surface area (Å²) in [5, 5.41) is 0. The molecular weight excluding hydrogens is 240 g/mol. The van der Waals surface area contributed by atoms with Crippen molar-refractivity contribution < 1.29 is 9.53 Å². The highest BCUT2D eigenvalue weighted by Crippen LogP contribution is 2.22. The van der Waals surface area contributed by atoms with E-state index in [0.717, 1.165) is 31.7 Å². The number of methoxy groups -OCH3 is 1. The van der Waals surface area contributed by atoms with E-state index in [4.69, 9.17) is 4.74 Å². The van der Waals surface area contributed by atoms with E-state index < -0.39 is 0 Å². The van der Waals surface area contributed by atoms with Gasteiger partial charge in [0, 0.05) is 20.6 Å². The predicted octanol–water partition coefficient (Wildman–Crippen LogP) is 1.75. The first-order valence-electron chi connectivity index (χ1n) is 6.70.